The fourth-order valence-electron chi connectivity index (χ4n) is 2.96. The van der Waals surface area contributed by atoms with Gasteiger partial charge in [-0.25, -0.2) is 0 Å². The van der Waals surface area contributed by atoms with Crippen molar-refractivity contribution in [1.29, 1.82) is 5.26 Å². The molecule has 0 saturated carbocycles. The zero-order valence-electron chi connectivity index (χ0n) is 12.5. The number of nitrogens with zero attached hydrogens (tertiary/aromatic N) is 3. The molecule has 1 aliphatic heterocycles. The molecule has 0 bridgehead atoms. The van der Waals surface area contributed by atoms with Gasteiger partial charge in [-0.3, -0.25) is 0 Å². The van der Waals surface area contributed by atoms with Crippen LogP contribution in [0.25, 0.3) is 0 Å². The first-order valence-electron chi connectivity index (χ1n) is 7.13. The molecule has 0 radical (unpaired) electrons. The largest absolute Gasteiger partial charge is 0.389 e. The number of anilines is 1. The lowest BCUT2D eigenvalue weighted by molar-refractivity contribution is 0.199. The van der Waals surface area contributed by atoms with Crippen molar-refractivity contribution in [2.75, 3.05) is 38.6 Å². The lowest BCUT2D eigenvalue weighted by atomic mass is 10.0. The Morgan fingerprint density at radius 3 is 2.85 bits per heavy atom. The van der Waals surface area contributed by atoms with Gasteiger partial charge in [-0.1, -0.05) is 6.07 Å². The molecule has 1 saturated heterocycles. The molecule has 1 N–H and O–H groups in total. The summed E-state index contributed by atoms with van der Waals surface area (Å²) in [4.78, 5) is 4.52. The van der Waals surface area contributed by atoms with Crippen molar-refractivity contribution >= 4 is 5.69 Å². The highest BCUT2D eigenvalue weighted by Gasteiger charge is 2.22. The molecule has 1 aromatic carbocycles. The van der Waals surface area contributed by atoms with Crippen LogP contribution in [0.3, 0.4) is 0 Å². The molecule has 4 heteroatoms. The van der Waals surface area contributed by atoms with E-state index in [0.29, 0.717) is 11.5 Å². The van der Waals surface area contributed by atoms with Gasteiger partial charge >= 0.3 is 0 Å². The summed E-state index contributed by atoms with van der Waals surface area (Å²) in [5.74, 6) is 0.651. The predicted octanol–water partition coefficient (Wildman–Crippen LogP) is 2.00. The van der Waals surface area contributed by atoms with E-state index in [1.165, 1.54) is 6.42 Å². The maximum absolute atomic E-state index is 9.90. The molecule has 1 aromatic rings. The van der Waals surface area contributed by atoms with E-state index in [-0.39, 0.29) is 0 Å². The summed E-state index contributed by atoms with van der Waals surface area (Å²) in [6.45, 7) is 4.99. The molecule has 0 aromatic heterocycles. The molecule has 2 atom stereocenters. The Bertz CT molecular complexity index is 507. The Hall–Kier alpha value is -1.57. The minimum Gasteiger partial charge on any atom is -0.389 e. The maximum Gasteiger partial charge on any atom is 0.0992 e. The quantitative estimate of drug-likeness (QED) is 0.911. The predicted molar refractivity (Wildman–Crippen MR) is 80.7 cm³/mol. The normalized spacial score (nSPS) is 20.6. The van der Waals surface area contributed by atoms with E-state index in [2.05, 4.69) is 22.9 Å². The van der Waals surface area contributed by atoms with Crippen molar-refractivity contribution in [3.05, 3.63) is 29.3 Å². The zero-order chi connectivity index (χ0) is 14.7. The van der Waals surface area contributed by atoms with Crippen LogP contribution >= 0.6 is 0 Å². The van der Waals surface area contributed by atoms with Gasteiger partial charge in [-0.2, -0.15) is 5.26 Å². The summed E-state index contributed by atoms with van der Waals surface area (Å²) in [6.07, 6.45) is 0.689. The first-order chi connectivity index (χ1) is 9.51. The van der Waals surface area contributed by atoms with Gasteiger partial charge in [0.15, 0.2) is 0 Å². The van der Waals surface area contributed by atoms with Gasteiger partial charge in [0.2, 0.25) is 0 Å². The van der Waals surface area contributed by atoms with Crippen LogP contribution in [0.2, 0.25) is 0 Å². The monoisotopic (exact) mass is 273 g/mol. The second kappa shape index (κ2) is 6.25. The number of rotatable bonds is 4. The van der Waals surface area contributed by atoms with E-state index in [1.54, 1.807) is 13.0 Å². The third-order valence-corrected chi connectivity index (χ3v) is 4.04. The van der Waals surface area contributed by atoms with Gasteiger partial charge in [-0.05, 0) is 45.0 Å². The van der Waals surface area contributed by atoms with E-state index in [4.69, 9.17) is 5.26 Å². The van der Waals surface area contributed by atoms with Gasteiger partial charge in [0.05, 0.1) is 17.7 Å². The summed E-state index contributed by atoms with van der Waals surface area (Å²) < 4.78 is 0. The highest BCUT2D eigenvalue weighted by molar-refractivity contribution is 5.58. The molecule has 1 unspecified atom stereocenters. The van der Waals surface area contributed by atoms with Crippen molar-refractivity contribution < 1.29 is 5.11 Å². The van der Waals surface area contributed by atoms with Crippen LogP contribution in [-0.2, 0) is 0 Å². The highest BCUT2D eigenvalue weighted by Crippen LogP contribution is 2.28. The van der Waals surface area contributed by atoms with Crippen LogP contribution in [0.5, 0.6) is 0 Å². The van der Waals surface area contributed by atoms with Crippen molar-refractivity contribution in [3.63, 3.8) is 0 Å². The van der Waals surface area contributed by atoms with E-state index in [1.807, 2.05) is 19.2 Å². The Balaban J connectivity index is 2.19. The van der Waals surface area contributed by atoms with Crippen molar-refractivity contribution in [3.8, 4) is 6.07 Å². The molecule has 0 amide bonds. The van der Waals surface area contributed by atoms with Crippen LogP contribution in [-0.4, -0.2) is 43.7 Å². The summed E-state index contributed by atoms with van der Waals surface area (Å²) in [5, 5.41) is 19.0. The van der Waals surface area contributed by atoms with Crippen molar-refractivity contribution in [1.82, 2.24) is 4.90 Å². The molecular weight excluding hydrogens is 250 g/mol. The smallest absolute Gasteiger partial charge is 0.0992 e. The van der Waals surface area contributed by atoms with E-state index < -0.39 is 6.10 Å². The van der Waals surface area contributed by atoms with Crippen LogP contribution in [0.4, 0.5) is 5.69 Å². The first kappa shape index (κ1) is 14.8. The fourth-order valence-corrected chi connectivity index (χ4v) is 2.96. The van der Waals surface area contributed by atoms with Gasteiger partial charge in [0.1, 0.15) is 0 Å². The summed E-state index contributed by atoms with van der Waals surface area (Å²) >= 11 is 0. The average Bonchev–Trinajstić information content (AvgIpc) is 2.83. The molecule has 1 heterocycles. The van der Waals surface area contributed by atoms with E-state index >= 15 is 0 Å². The number of aliphatic hydroxyl groups excluding tert-OH is 1. The van der Waals surface area contributed by atoms with Gasteiger partial charge in [0.25, 0.3) is 0 Å². The first-order valence-corrected chi connectivity index (χ1v) is 7.13. The van der Waals surface area contributed by atoms with Gasteiger partial charge < -0.3 is 14.9 Å². The van der Waals surface area contributed by atoms with Crippen molar-refractivity contribution in [2.45, 2.75) is 19.4 Å². The van der Waals surface area contributed by atoms with E-state index in [0.717, 1.165) is 30.9 Å². The average molecular weight is 273 g/mol. The Morgan fingerprint density at radius 2 is 2.30 bits per heavy atom. The number of hydrogen-bond acceptors (Lipinski definition) is 4. The number of nitriles is 1. The van der Waals surface area contributed by atoms with Crippen LogP contribution < -0.4 is 4.90 Å². The molecule has 1 fully saturated rings. The molecule has 4 nitrogen and oxygen atoms in total. The molecule has 0 spiro atoms. The molecular formula is C16H23N3O. The number of aliphatic hydroxyl groups is 1. The van der Waals surface area contributed by atoms with Gasteiger partial charge in [0, 0.05) is 31.4 Å². The number of benzene rings is 1. The van der Waals surface area contributed by atoms with Crippen LogP contribution in [0.1, 0.15) is 30.6 Å². The number of likely N-dealkylation sites (tertiary alicyclic amines) is 1. The maximum atomic E-state index is 9.90. The van der Waals surface area contributed by atoms with E-state index in [9.17, 15) is 5.11 Å². The number of hydrogen-bond donors (Lipinski definition) is 1. The second-order valence-corrected chi connectivity index (χ2v) is 5.86. The Morgan fingerprint density at radius 1 is 1.55 bits per heavy atom. The lowest BCUT2D eigenvalue weighted by Crippen LogP contribution is -2.28. The molecule has 108 valence electrons. The Labute approximate surface area is 121 Å². The molecule has 20 heavy (non-hydrogen) atoms. The summed E-state index contributed by atoms with van der Waals surface area (Å²) in [5.41, 5.74) is 2.49. The Kier molecular flexibility index (Phi) is 4.64. The highest BCUT2D eigenvalue weighted by atomic mass is 16.3. The lowest BCUT2D eigenvalue weighted by Gasteiger charge is -2.26. The molecule has 2 rings (SSSR count). The topological polar surface area (TPSA) is 50.5 Å². The molecule has 0 aliphatic carbocycles. The van der Waals surface area contributed by atoms with Crippen LogP contribution in [0, 0.1) is 17.2 Å². The summed E-state index contributed by atoms with van der Waals surface area (Å²) in [6, 6.07) is 7.67. The van der Waals surface area contributed by atoms with Crippen molar-refractivity contribution in [2.24, 2.45) is 5.92 Å². The minimum absolute atomic E-state index is 0.522. The third-order valence-electron chi connectivity index (χ3n) is 4.04. The fraction of sp³-hybridized carbons (Fsp3) is 0.562. The standard InChI is InChI=1S/C16H23N3O/c1-12(20)15-5-4-13(9-17)8-16(15)19(3)11-14-6-7-18(2)10-14/h4-5,8,12,14,20H,6-7,10-11H2,1-3H3/t12-,14?/m1/s1. The zero-order valence-corrected chi connectivity index (χ0v) is 12.5. The second-order valence-electron chi connectivity index (χ2n) is 5.86. The molecule has 1 aliphatic rings. The van der Waals surface area contributed by atoms with Gasteiger partial charge in [-0.15, -0.1) is 0 Å². The van der Waals surface area contributed by atoms with Crippen LogP contribution in [0.15, 0.2) is 18.2 Å². The minimum atomic E-state index is -0.522. The third kappa shape index (κ3) is 3.30. The summed E-state index contributed by atoms with van der Waals surface area (Å²) in [7, 11) is 4.19. The SMILES string of the molecule is C[C@@H](O)c1ccc(C#N)cc1N(C)CC1CCN(C)C1.